The van der Waals surface area contributed by atoms with E-state index >= 15 is 0 Å². The molecule has 1 amide bonds. The van der Waals surface area contributed by atoms with Crippen LogP contribution in [0.25, 0.3) is 0 Å². The van der Waals surface area contributed by atoms with E-state index in [0.29, 0.717) is 11.3 Å². The number of carboxylic acid groups (broad SMARTS) is 1. The lowest BCUT2D eigenvalue weighted by atomic mass is 9.63. The summed E-state index contributed by atoms with van der Waals surface area (Å²) in [5.41, 5.74) is 4.90. The first kappa shape index (κ1) is 19.2. The largest absolute Gasteiger partial charge is 0.478 e. The third-order valence-electron chi connectivity index (χ3n) is 5.84. The molecule has 0 radical (unpaired) electrons. The number of hydrogen-bond acceptors (Lipinski definition) is 2. The fraction of sp³-hybridized carbons (Fsp3) is 0.391. The van der Waals surface area contributed by atoms with Crippen molar-refractivity contribution in [3.8, 4) is 0 Å². The Morgan fingerprint density at radius 3 is 2.07 bits per heavy atom. The van der Waals surface area contributed by atoms with E-state index in [1.54, 1.807) is 19.1 Å². The molecule has 2 aromatic rings. The Balaban J connectivity index is 1.92. The molecule has 4 nitrogen and oxygen atoms in total. The molecule has 2 N–H and O–H groups in total. The maximum atomic E-state index is 12.8. The summed E-state index contributed by atoms with van der Waals surface area (Å²) in [4.78, 5) is 23.9. The topological polar surface area (TPSA) is 66.4 Å². The number of benzene rings is 2. The van der Waals surface area contributed by atoms with E-state index in [2.05, 4.69) is 39.1 Å². The van der Waals surface area contributed by atoms with Crippen molar-refractivity contribution in [2.24, 2.45) is 0 Å². The minimum absolute atomic E-state index is 0.0419. The zero-order valence-electron chi connectivity index (χ0n) is 16.6. The Labute approximate surface area is 160 Å². The highest BCUT2D eigenvalue weighted by Crippen LogP contribution is 2.45. The number of carboxylic acids is 1. The van der Waals surface area contributed by atoms with E-state index in [-0.39, 0.29) is 22.3 Å². The molecule has 1 aliphatic carbocycles. The van der Waals surface area contributed by atoms with E-state index < -0.39 is 5.97 Å². The quantitative estimate of drug-likeness (QED) is 0.776. The van der Waals surface area contributed by atoms with Gasteiger partial charge < -0.3 is 10.4 Å². The summed E-state index contributed by atoms with van der Waals surface area (Å²) in [5.74, 6) is -1.15. The molecule has 0 atom stereocenters. The lowest BCUT2D eigenvalue weighted by Crippen LogP contribution is -2.34. The first-order valence-electron chi connectivity index (χ1n) is 9.32. The van der Waals surface area contributed by atoms with E-state index in [9.17, 15) is 9.59 Å². The van der Waals surface area contributed by atoms with Gasteiger partial charge in [0.15, 0.2) is 0 Å². The SMILES string of the molecule is Cc1cc(C(=O)O)ccc1NC(=O)c1ccc2c(c1)C(C)(C)CCC2(C)C. The van der Waals surface area contributed by atoms with Gasteiger partial charge in [0.05, 0.1) is 5.56 Å². The van der Waals surface area contributed by atoms with E-state index in [0.717, 1.165) is 18.4 Å². The number of carbonyl (C=O) groups excluding carboxylic acids is 1. The second-order valence-electron chi connectivity index (χ2n) is 8.82. The van der Waals surface area contributed by atoms with Gasteiger partial charge in [-0.25, -0.2) is 4.79 Å². The van der Waals surface area contributed by atoms with Crippen molar-refractivity contribution in [2.45, 2.75) is 58.3 Å². The van der Waals surface area contributed by atoms with Gasteiger partial charge in [-0.3, -0.25) is 4.79 Å². The Morgan fingerprint density at radius 1 is 0.889 bits per heavy atom. The molecule has 0 aromatic heterocycles. The Hall–Kier alpha value is -2.62. The van der Waals surface area contributed by atoms with Crippen molar-refractivity contribution in [1.82, 2.24) is 0 Å². The van der Waals surface area contributed by atoms with Crippen LogP contribution >= 0.6 is 0 Å². The van der Waals surface area contributed by atoms with Crippen LogP contribution in [-0.2, 0) is 10.8 Å². The van der Waals surface area contributed by atoms with Crippen LogP contribution in [0.5, 0.6) is 0 Å². The Morgan fingerprint density at radius 2 is 1.48 bits per heavy atom. The van der Waals surface area contributed by atoms with Gasteiger partial charge >= 0.3 is 5.97 Å². The number of anilines is 1. The minimum Gasteiger partial charge on any atom is -0.478 e. The minimum atomic E-state index is -0.976. The summed E-state index contributed by atoms with van der Waals surface area (Å²) in [7, 11) is 0. The molecule has 0 saturated heterocycles. The molecule has 1 aliphatic rings. The number of aromatic carboxylic acids is 1. The number of nitrogens with one attached hydrogen (secondary N) is 1. The zero-order valence-corrected chi connectivity index (χ0v) is 16.6. The zero-order chi connectivity index (χ0) is 20.0. The summed E-state index contributed by atoms with van der Waals surface area (Å²) in [6.07, 6.45) is 2.22. The number of rotatable bonds is 3. The molecule has 0 spiro atoms. The number of amides is 1. The van der Waals surface area contributed by atoms with Gasteiger partial charge in [0, 0.05) is 11.3 Å². The highest BCUT2D eigenvalue weighted by Gasteiger charge is 2.37. The third kappa shape index (κ3) is 3.61. The average molecular weight is 365 g/mol. The molecule has 3 rings (SSSR count). The number of fused-ring (bicyclic) bond motifs is 1. The normalized spacial score (nSPS) is 17.1. The summed E-state index contributed by atoms with van der Waals surface area (Å²) in [5, 5.41) is 12.0. The average Bonchev–Trinajstić information content (AvgIpc) is 2.60. The Bertz CT molecular complexity index is 925. The van der Waals surface area contributed by atoms with Crippen LogP contribution in [0, 0.1) is 6.92 Å². The monoisotopic (exact) mass is 365 g/mol. The lowest BCUT2D eigenvalue weighted by molar-refractivity contribution is 0.0696. The van der Waals surface area contributed by atoms with Gasteiger partial charge in [0.25, 0.3) is 5.91 Å². The Kier molecular flexibility index (Phi) is 4.62. The van der Waals surface area contributed by atoms with Gasteiger partial charge in [-0.1, -0.05) is 33.8 Å². The fourth-order valence-electron chi connectivity index (χ4n) is 3.86. The standard InChI is InChI=1S/C23H27NO3/c1-14-12-16(21(26)27)7-9-19(14)24-20(25)15-6-8-17-18(13-15)23(4,5)11-10-22(17,2)3/h6-9,12-13H,10-11H2,1-5H3,(H,24,25)(H,26,27). The highest BCUT2D eigenvalue weighted by molar-refractivity contribution is 6.05. The summed E-state index contributed by atoms with van der Waals surface area (Å²) in [6, 6.07) is 10.7. The smallest absolute Gasteiger partial charge is 0.335 e. The molecule has 0 bridgehead atoms. The molecule has 0 fully saturated rings. The van der Waals surface area contributed by atoms with E-state index in [4.69, 9.17) is 5.11 Å². The first-order valence-corrected chi connectivity index (χ1v) is 9.32. The van der Waals surface area contributed by atoms with Crippen LogP contribution in [0.4, 0.5) is 5.69 Å². The van der Waals surface area contributed by atoms with Crippen molar-refractivity contribution in [1.29, 1.82) is 0 Å². The van der Waals surface area contributed by atoms with Crippen LogP contribution < -0.4 is 5.32 Å². The molecule has 0 aliphatic heterocycles. The molecule has 0 unspecified atom stereocenters. The molecule has 0 heterocycles. The number of aryl methyl sites for hydroxylation is 1. The van der Waals surface area contributed by atoms with Crippen molar-refractivity contribution >= 4 is 17.6 Å². The maximum absolute atomic E-state index is 12.8. The summed E-state index contributed by atoms with van der Waals surface area (Å²) < 4.78 is 0. The van der Waals surface area contributed by atoms with Gasteiger partial charge in [0.1, 0.15) is 0 Å². The van der Waals surface area contributed by atoms with Crippen LogP contribution in [-0.4, -0.2) is 17.0 Å². The van der Waals surface area contributed by atoms with Crippen molar-refractivity contribution < 1.29 is 14.7 Å². The van der Waals surface area contributed by atoms with Gasteiger partial charge in [0.2, 0.25) is 0 Å². The molecule has 2 aromatic carbocycles. The van der Waals surface area contributed by atoms with Crippen LogP contribution in [0.3, 0.4) is 0 Å². The number of carbonyl (C=O) groups is 2. The van der Waals surface area contributed by atoms with Crippen molar-refractivity contribution in [3.05, 3.63) is 64.2 Å². The highest BCUT2D eigenvalue weighted by atomic mass is 16.4. The lowest BCUT2D eigenvalue weighted by Gasteiger charge is -2.42. The summed E-state index contributed by atoms with van der Waals surface area (Å²) in [6.45, 7) is 10.8. The van der Waals surface area contributed by atoms with Crippen LogP contribution in [0.15, 0.2) is 36.4 Å². The van der Waals surface area contributed by atoms with Crippen molar-refractivity contribution in [3.63, 3.8) is 0 Å². The van der Waals surface area contributed by atoms with Crippen molar-refractivity contribution in [2.75, 3.05) is 5.32 Å². The second kappa shape index (κ2) is 6.52. The molecule has 4 heteroatoms. The molecule has 27 heavy (non-hydrogen) atoms. The van der Waals surface area contributed by atoms with Gasteiger partial charge in [-0.15, -0.1) is 0 Å². The molecular weight excluding hydrogens is 338 g/mol. The molecule has 142 valence electrons. The van der Waals surface area contributed by atoms with Crippen LogP contribution in [0.1, 0.15) is 77.9 Å². The van der Waals surface area contributed by atoms with Gasteiger partial charge in [-0.2, -0.15) is 0 Å². The van der Waals surface area contributed by atoms with E-state index in [1.165, 1.54) is 17.2 Å². The first-order chi connectivity index (χ1) is 12.5. The van der Waals surface area contributed by atoms with Gasteiger partial charge in [-0.05, 0) is 77.6 Å². The van der Waals surface area contributed by atoms with E-state index in [1.807, 2.05) is 12.1 Å². The summed E-state index contributed by atoms with van der Waals surface area (Å²) >= 11 is 0. The fourth-order valence-corrected chi connectivity index (χ4v) is 3.86. The maximum Gasteiger partial charge on any atom is 0.335 e. The predicted octanol–water partition coefficient (Wildman–Crippen LogP) is 5.29. The second-order valence-corrected chi connectivity index (χ2v) is 8.82. The number of hydrogen-bond donors (Lipinski definition) is 2. The third-order valence-corrected chi connectivity index (χ3v) is 5.84. The van der Waals surface area contributed by atoms with Crippen LogP contribution in [0.2, 0.25) is 0 Å². The predicted molar refractivity (Wildman–Crippen MR) is 108 cm³/mol. The molecule has 0 saturated carbocycles. The molecular formula is C23H27NO3.